The van der Waals surface area contributed by atoms with Crippen LogP contribution in [0.4, 0.5) is 0 Å². The molecule has 0 atom stereocenters. The molecular formula is C2H12N12O8. The lowest BCUT2D eigenvalue weighted by Crippen LogP contribution is -2.51. The van der Waals surface area contributed by atoms with E-state index in [0.717, 1.165) is 0 Å². The quantitative estimate of drug-likeness (QED) is 0.121. The second-order valence-electron chi connectivity index (χ2n) is 2.13. The molecule has 20 heteroatoms. The summed E-state index contributed by atoms with van der Waals surface area (Å²) in [5.41, 5.74) is 21.8. The van der Waals surface area contributed by atoms with Crippen LogP contribution in [0.2, 0.25) is 0 Å². The molecule has 22 heavy (non-hydrogen) atoms. The predicted octanol–water partition coefficient (Wildman–Crippen LogP) is -6.48. The molecule has 0 heterocycles. The maximum atomic E-state index is 9.01. The molecule has 12 N–H and O–H groups in total. The summed E-state index contributed by atoms with van der Waals surface area (Å²) in [6, 6.07) is 0. The van der Waals surface area contributed by atoms with Gasteiger partial charge in [-0.1, -0.05) is 0 Å². The first-order chi connectivity index (χ1) is 9.72. The highest BCUT2D eigenvalue weighted by Gasteiger charge is 1.84. The van der Waals surface area contributed by atoms with E-state index in [9.17, 15) is 0 Å². The van der Waals surface area contributed by atoms with Gasteiger partial charge in [0.2, 0.25) is 0 Å². The Morgan fingerprint density at radius 3 is 0.727 bits per heavy atom. The number of guanidine groups is 2. The van der Waals surface area contributed by atoms with Crippen molar-refractivity contribution in [2.45, 2.75) is 0 Å². The van der Waals surface area contributed by atoms with Crippen molar-refractivity contribution in [1.82, 2.24) is 0 Å². The third kappa shape index (κ3) is 244. The predicted molar refractivity (Wildman–Crippen MR) is 65.3 cm³/mol. The number of nitro groups is 4. The Hall–Kier alpha value is -4.26. The van der Waals surface area contributed by atoms with E-state index in [2.05, 4.69) is 33.8 Å². The Bertz CT molecular complexity index is 334. The molecule has 0 aromatic heterocycles. The van der Waals surface area contributed by atoms with Gasteiger partial charge in [-0.3, -0.25) is 74.2 Å². The van der Waals surface area contributed by atoms with Crippen molar-refractivity contribution in [1.29, 1.82) is 0 Å². The molecule has 0 aliphatic carbocycles. The monoisotopic (exact) mass is 332 g/mol. The molecule has 128 valence electrons. The summed E-state index contributed by atoms with van der Waals surface area (Å²) >= 11 is 0. The minimum Gasteiger partial charge on any atom is -0.291 e. The zero-order valence-electron chi connectivity index (χ0n) is 10.4. The minimum atomic E-state index is -1.38. The highest BCUT2D eigenvalue weighted by Crippen LogP contribution is 1.82. The Labute approximate surface area is 118 Å². The van der Waals surface area contributed by atoms with Gasteiger partial charge in [0.25, 0.3) is 0 Å². The van der Waals surface area contributed by atoms with E-state index < -0.39 is 20.1 Å². The smallest absolute Gasteiger partial charge is 0.291 e. The standard InChI is InChI=1S/2CH5N3.2N3O4/c2*2-1(3)4;2*4-2(5)1-3(6)7/h2*(H5,2,3,4);;/q;;2*-1/p+2. The number of hydrogen-bond donors (Lipinski definition) is 6. The van der Waals surface area contributed by atoms with Crippen LogP contribution >= 0.6 is 0 Å². The van der Waals surface area contributed by atoms with E-state index in [1.807, 2.05) is 0 Å². The van der Waals surface area contributed by atoms with Gasteiger partial charge in [0.1, 0.15) is 0 Å². The van der Waals surface area contributed by atoms with Crippen molar-refractivity contribution >= 4 is 11.9 Å². The summed E-state index contributed by atoms with van der Waals surface area (Å²) in [5.74, 6) is -0.167. The first-order valence-corrected chi connectivity index (χ1v) is 3.99. The summed E-state index contributed by atoms with van der Waals surface area (Å²) in [7, 11) is 0. The molecule has 0 aliphatic heterocycles. The molecule has 0 aromatic rings. The summed E-state index contributed by atoms with van der Waals surface area (Å²) in [5, 5.41) is 39.7. The lowest BCUT2D eigenvalue weighted by molar-refractivity contribution is -0.618. The molecule has 0 bridgehead atoms. The van der Waals surface area contributed by atoms with Gasteiger partial charge in [-0.05, 0) is 11.1 Å². The van der Waals surface area contributed by atoms with E-state index in [1.54, 1.807) is 11.1 Å². The summed E-state index contributed by atoms with van der Waals surface area (Å²) in [6.45, 7) is 0. The molecule has 0 spiro atoms. The van der Waals surface area contributed by atoms with Gasteiger partial charge in [0, 0.05) is 20.1 Å². The van der Waals surface area contributed by atoms with Crippen LogP contribution in [0, 0.1) is 40.5 Å². The lowest BCUT2D eigenvalue weighted by atomic mass is 11.1. The van der Waals surface area contributed by atoms with Crippen LogP contribution in [0.15, 0.2) is 0 Å². The van der Waals surface area contributed by atoms with Crippen LogP contribution in [0.1, 0.15) is 0 Å². The fraction of sp³-hybridized carbons (Fsp3) is 0. The molecular weight excluding hydrogens is 320 g/mol. The molecule has 0 radical (unpaired) electrons. The Balaban J connectivity index is -0.000000102. The number of nitrogens with two attached hydrogens (primary N) is 6. The van der Waals surface area contributed by atoms with Crippen molar-refractivity contribution < 1.29 is 30.9 Å². The van der Waals surface area contributed by atoms with Crippen LogP contribution < -0.4 is 33.8 Å². The maximum absolute atomic E-state index is 9.01. The van der Waals surface area contributed by atoms with Crippen LogP contribution in [-0.4, -0.2) is 32.0 Å². The van der Waals surface area contributed by atoms with Crippen LogP contribution in [0.3, 0.4) is 0 Å². The molecule has 0 fully saturated rings. The first kappa shape index (κ1) is 26.3. The highest BCUT2D eigenvalue weighted by atomic mass is 16.8. The molecule has 0 amide bonds. The van der Waals surface area contributed by atoms with Crippen LogP contribution in [-0.2, 0) is 0 Å². The summed E-state index contributed by atoms with van der Waals surface area (Å²) in [4.78, 5) is 36.0. The lowest BCUT2D eigenvalue weighted by Gasteiger charge is -1.92. The molecule has 0 saturated heterocycles. The summed E-state index contributed by atoms with van der Waals surface area (Å²) in [6.07, 6.45) is 0. The van der Waals surface area contributed by atoms with E-state index in [4.69, 9.17) is 40.5 Å². The van der Waals surface area contributed by atoms with Crippen LogP contribution in [0.25, 0.3) is 11.1 Å². The van der Waals surface area contributed by atoms with Crippen molar-refractivity contribution in [2.24, 2.45) is 22.9 Å². The average molecular weight is 332 g/mol. The largest absolute Gasteiger partial charge is 0.336 e. The Morgan fingerprint density at radius 2 is 0.727 bits per heavy atom. The topological polar surface area (TPSA) is 356 Å². The summed E-state index contributed by atoms with van der Waals surface area (Å²) < 4.78 is 0. The third-order valence-corrected chi connectivity index (χ3v) is 0.292. The van der Waals surface area contributed by atoms with Gasteiger partial charge in [-0.15, -0.1) is 0 Å². The molecule has 0 rings (SSSR count). The van der Waals surface area contributed by atoms with E-state index >= 15 is 0 Å². The first-order valence-electron chi connectivity index (χ1n) is 3.99. The van der Waals surface area contributed by atoms with Crippen molar-refractivity contribution in [3.8, 4) is 0 Å². The molecule has 0 aliphatic rings. The zero-order chi connectivity index (χ0) is 18.9. The second kappa shape index (κ2) is 16.7. The zero-order valence-corrected chi connectivity index (χ0v) is 10.4. The number of nitrogens with zero attached hydrogens (tertiary/aromatic N) is 6. The second-order valence-corrected chi connectivity index (χ2v) is 2.13. The van der Waals surface area contributed by atoms with E-state index in [0.29, 0.717) is 0 Å². The Kier molecular flexibility index (Phi) is 20.0. The third-order valence-electron chi connectivity index (χ3n) is 0.292. The van der Waals surface area contributed by atoms with Gasteiger partial charge in [0.05, 0.1) is 0 Å². The number of rotatable bonds is 4. The van der Waals surface area contributed by atoms with E-state index in [1.165, 1.54) is 0 Å². The Morgan fingerprint density at radius 1 is 0.636 bits per heavy atom. The minimum absolute atomic E-state index is 0.0833. The van der Waals surface area contributed by atoms with Gasteiger partial charge in [0.15, 0.2) is 0 Å². The van der Waals surface area contributed by atoms with Gasteiger partial charge >= 0.3 is 11.9 Å². The van der Waals surface area contributed by atoms with E-state index in [-0.39, 0.29) is 11.9 Å². The molecule has 0 saturated carbocycles. The van der Waals surface area contributed by atoms with Crippen LogP contribution in [0.5, 0.6) is 0 Å². The molecule has 0 unspecified atom stereocenters. The molecule has 0 aromatic carbocycles. The fourth-order valence-electron chi connectivity index (χ4n) is 0.119. The fourth-order valence-corrected chi connectivity index (χ4v) is 0.119. The van der Waals surface area contributed by atoms with Gasteiger partial charge in [-0.25, -0.2) is 0 Å². The van der Waals surface area contributed by atoms with Gasteiger partial charge in [-0.2, -0.15) is 0 Å². The average Bonchev–Trinajstić information content (AvgIpc) is 2.10. The normalized spacial score (nSPS) is 6.91. The van der Waals surface area contributed by atoms with Crippen molar-refractivity contribution in [2.75, 3.05) is 0 Å². The van der Waals surface area contributed by atoms with Crippen molar-refractivity contribution in [3.63, 3.8) is 0 Å². The number of hydrogen-bond acceptors (Lipinski definition) is 8. The maximum Gasteiger partial charge on any atom is 0.336 e. The van der Waals surface area contributed by atoms with Gasteiger partial charge < -0.3 is 0 Å². The molecule has 20 nitrogen and oxygen atoms in total. The van der Waals surface area contributed by atoms with Crippen molar-refractivity contribution in [3.05, 3.63) is 51.5 Å². The SMILES string of the molecule is NC(N)=[NH2+].NC(N)=[NH2+].O=[N+]([O-])[N-][N+](=O)[O-].O=[N+]([O-])[N-][N+](=O)[O-]. The highest BCUT2D eigenvalue weighted by molar-refractivity contribution is 5.68.